The molecule has 0 saturated carbocycles. The van der Waals surface area contributed by atoms with Gasteiger partial charge in [0.1, 0.15) is 11.6 Å². The van der Waals surface area contributed by atoms with Crippen LogP contribution in [0.1, 0.15) is 45.3 Å². The lowest BCUT2D eigenvalue weighted by Gasteiger charge is -2.14. The molecule has 2 amide bonds. The summed E-state index contributed by atoms with van der Waals surface area (Å²) in [5.41, 5.74) is 5.03. The molecule has 0 aliphatic heterocycles. The van der Waals surface area contributed by atoms with E-state index in [0.717, 1.165) is 35.3 Å². The Morgan fingerprint density at radius 1 is 1.11 bits per heavy atom. The number of nitrogens with zero attached hydrogens (tertiary/aromatic N) is 1. The first kappa shape index (κ1) is 27.3. The Kier molecular flexibility index (Phi) is 9.14. The number of benzene rings is 2. The predicted molar refractivity (Wildman–Crippen MR) is 148 cm³/mol. The van der Waals surface area contributed by atoms with Gasteiger partial charge in [-0.3, -0.25) is 9.59 Å². The minimum absolute atomic E-state index is 0.307. The molecule has 1 heterocycles. The van der Waals surface area contributed by atoms with Crippen LogP contribution in [-0.4, -0.2) is 37.7 Å². The second kappa shape index (κ2) is 12.7. The van der Waals surface area contributed by atoms with Crippen LogP contribution in [0.4, 0.5) is 5.00 Å². The molecular weight excluding hydrogens is 574 g/mol. The van der Waals surface area contributed by atoms with E-state index in [1.165, 1.54) is 24.7 Å². The summed E-state index contributed by atoms with van der Waals surface area (Å²) >= 11 is 4.80. The van der Waals surface area contributed by atoms with Gasteiger partial charge in [-0.25, -0.2) is 10.2 Å². The third-order valence-corrected chi connectivity index (χ3v) is 7.48. The van der Waals surface area contributed by atoms with Crippen LogP contribution < -0.4 is 20.2 Å². The van der Waals surface area contributed by atoms with Crippen molar-refractivity contribution in [3.8, 4) is 11.5 Å². The van der Waals surface area contributed by atoms with Crippen LogP contribution in [0.3, 0.4) is 0 Å². The first-order valence-corrected chi connectivity index (χ1v) is 13.5. The highest BCUT2D eigenvalue weighted by atomic mass is 79.9. The number of carbonyl (C=O) groups excluding carboxylic acids is 3. The van der Waals surface area contributed by atoms with Gasteiger partial charge in [0, 0.05) is 4.88 Å². The van der Waals surface area contributed by atoms with Crippen LogP contribution in [0.15, 0.2) is 52.0 Å². The Morgan fingerprint density at radius 3 is 2.63 bits per heavy atom. The van der Waals surface area contributed by atoms with Crippen molar-refractivity contribution >= 4 is 56.3 Å². The molecule has 1 aromatic heterocycles. The molecule has 1 aliphatic carbocycles. The van der Waals surface area contributed by atoms with Crippen molar-refractivity contribution in [1.29, 1.82) is 0 Å². The van der Waals surface area contributed by atoms with Gasteiger partial charge in [0.15, 0.2) is 11.5 Å². The average molecular weight is 600 g/mol. The number of anilines is 1. The number of amides is 2. The topological polar surface area (TPSA) is 115 Å². The van der Waals surface area contributed by atoms with Crippen molar-refractivity contribution in [2.75, 3.05) is 19.0 Å². The van der Waals surface area contributed by atoms with E-state index in [9.17, 15) is 14.4 Å². The zero-order chi connectivity index (χ0) is 27.1. The molecule has 4 rings (SSSR count). The van der Waals surface area contributed by atoms with E-state index < -0.39 is 17.8 Å². The van der Waals surface area contributed by atoms with Crippen molar-refractivity contribution < 1.29 is 28.6 Å². The number of halogens is 1. The van der Waals surface area contributed by atoms with Crippen molar-refractivity contribution in [3.63, 3.8) is 0 Å². The fourth-order valence-electron chi connectivity index (χ4n) is 3.98. The predicted octanol–water partition coefficient (Wildman–Crippen LogP) is 4.85. The number of hydrogen-bond donors (Lipinski definition) is 2. The molecule has 38 heavy (non-hydrogen) atoms. The molecule has 0 atom stereocenters. The van der Waals surface area contributed by atoms with Crippen molar-refractivity contribution in [3.05, 3.63) is 74.1 Å². The monoisotopic (exact) mass is 599 g/mol. The average Bonchev–Trinajstić information content (AvgIpc) is 3.49. The largest absolute Gasteiger partial charge is 0.490 e. The number of hydrogen-bond acceptors (Lipinski definition) is 8. The van der Waals surface area contributed by atoms with Gasteiger partial charge in [0.05, 0.1) is 30.0 Å². The Balaban J connectivity index is 1.41. The molecule has 2 aromatic carbocycles. The van der Waals surface area contributed by atoms with Crippen LogP contribution >= 0.6 is 27.3 Å². The van der Waals surface area contributed by atoms with E-state index >= 15 is 0 Å². The Bertz CT molecular complexity index is 1370. The van der Waals surface area contributed by atoms with Gasteiger partial charge in [-0.15, -0.1) is 11.3 Å². The summed E-state index contributed by atoms with van der Waals surface area (Å²) in [4.78, 5) is 38.1. The summed E-state index contributed by atoms with van der Waals surface area (Å²) in [5, 5.41) is 6.73. The molecule has 0 bridgehead atoms. The molecule has 198 valence electrons. The van der Waals surface area contributed by atoms with E-state index in [1.54, 1.807) is 12.1 Å². The van der Waals surface area contributed by atoms with Gasteiger partial charge in [-0.2, -0.15) is 5.10 Å². The SMILES string of the molecule is CCOc1cc(/C=N/NC(=O)C(=O)Nc2sc3c(c2C(=O)OC)CCC3)cc(Br)c1OCc1ccccc1. The second-order valence-electron chi connectivity index (χ2n) is 8.24. The first-order chi connectivity index (χ1) is 18.4. The minimum atomic E-state index is -0.975. The fraction of sp³-hybridized carbons (Fsp3) is 0.259. The summed E-state index contributed by atoms with van der Waals surface area (Å²) in [5.74, 6) is -1.40. The molecule has 0 saturated heterocycles. The lowest BCUT2D eigenvalue weighted by atomic mass is 10.1. The molecular formula is C27H26BrN3O6S. The lowest BCUT2D eigenvalue weighted by Crippen LogP contribution is -2.32. The Labute approximate surface area is 232 Å². The summed E-state index contributed by atoms with van der Waals surface area (Å²) in [6.07, 6.45) is 3.89. The van der Waals surface area contributed by atoms with Gasteiger partial charge in [0.25, 0.3) is 0 Å². The third-order valence-electron chi connectivity index (χ3n) is 5.68. The number of carbonyl (C=O) groups is 3. The first-order valence-electron chi connectivity index (χ1n) is 11.9. The Hall–Kier alpha value is -3.70. The molecule has 3 aromatic rings. The van der Waals surface area contributed by atoms with Crippen LogP contribution in [0.5, 0.6) is 11.5 Å². The van der Waals surface area contributed by atoms with Gasteiger partial charge in [0.2, 0.25) is 0 Å². The maximum Gasteiger partial charge on any atom is 0.341 e. The number of nitrogens with one attached hydrogen (secondary N) is 2. The number of methoxy groups -OCH3 is 1. The van der Waals surface area contributed by atoms with Gasteiger partial charge >= 0.3 is 17.8 Å². The zero-order valence-electron chi connectivity index (χ0n) is 20.8. The van der Waals surface area contributed by atoms with Crippen LogP contribution in [-0.2, 0) is 33.8 Å². The lowest BCUT2D eigenvalue weighted by molar-refractivity contribution is -0.136. The Morgan fingerprint density at radius 2 is 1.89 bits per heavy atom. The second-order valence-corrected chi connectivity index (χ2v) is 10.2. The van der Waals surface area contributed by atoms with E-state index in [-0.39, 0.29) is 0 Å². The van der Waals surface area contributed by atoms with Gasteiger partial charge in [-0.05, 0) is 70.9 Å². The van der Waals surface area contributed by atoms with E-state index in [1.807, 2.05) is 37.3 Å². The number of hydrazone groups is 1. The van der Waals surface area contributed by atoms with Crippen molar-refractivity contribution in [2.24, 2.45) is 5.10 Å². The molecule has 0 unspecified atom stereocenters. The number of rotatable bonds is 9. The van der Waals surface area contributed by atoms with Crippen LogP contribution in [0.25, 0.3) is 0 Å². The van der Waals surface area contributed by atoms with Crippen LogP contribution in [0, 0.1) is 0 Å². The van der Waals surface area contributed by atoms with Gasteiger partial charge in [-0.1, -0.05) is 30.3 Å². The summed E-state index contributed by atoms with van der Waals surface area (Å²) in [6.45, 7) is 2.65. The highest BCUT2D eigenvalue weighted by molar-refractivity contribution is 9.10. The molecule has 0 radical (unpaired) electrons. The van der Waals surface area contributed by atoms with Crippen molar-refractivity contribution in [1.82, 2.24) is 5.43 Å². The highest BCUT2D eigenvalue weighted by Crippen LogP contribution is 2.39. The number of aryl methyl sites for hydroxylation is 1. The molecule has 9 nitrogen and oxygen atoms in total. The fourth-order valence-corrected chi connectivity index (χ4v) is 5.83. The minimum Gasteiger partial charge on any atom is -0.490 e. The molecule has 0 fully saturated rings. The standard InChI is InChI=1S/C27H26BrN3O6S/c1-3-36-20-13-17(12-19(28)23(20)37-15-16-8-5-4-6-9-16)14-29-31-25(33)24(32)30-26-22(27(34)35-2)18-10-7-11-21(18)38-26/h4-6,8-9,12-14H,3,7,10-11,15H2,1-2H3,(H,30,32)(H,31,33)/b29-14+. The highest BCUT2D eigenvalue weighted by Gasteiger charge is 2.29. The van der Waals surface area contributed by atoms with Gasteiger partial charge < -0.3 is 19.5 Å². The summed E-state index contributed by atoms with van der Waals surface area (Å²) in [6, 6.07) is 13.2. The normalized spacial score (nSPS) is 12.2. The van der Waals surface area contributed by atoms with Crippen LogP contribution in [0.2, 0.25) is 0 Å². The quantitative estimate of drug-likeness (QED) is 0.157. The maximum atomic E-state index is 12.5. The van der Waals surface area contributed by atoms with E-state index in [4.69, 9.17) is 14.2 Å². The van der Waals surface area contributed by atoms with E-state index in [2.05, 4.69) is 31.8 Å². The molecule has 1 aliphatic rings. The zero-order valence-corrected chi connectivity index (χ0v) is 23.2. The summed E-state index contributed by atoms with van der Waals surface area (Å²) < 4.78 is 17.2. The number of esters is 1. The van der Waals surface area contributed by atoms with E-state index in [0.29, 0.717) is 45.3 Å². The smallest absolute Gasteiger partial charge is 0.341 e. The van der Waals surface area contributed by atoms with Crippen molar-refractivity contribution in [2.45, 2.75) is 32.8 Å². The molecule has 0 spiro atoms. The maximum absolute atomic E-state index is 12.5. The summed E-state index contributed by atoms with van der Waals surface area (Å²) in [7, 11) is 1.28. The number of thiophene rings is 1. The molecule has 11 heteroatoms. The molecule has 2 N–H and O–H groups in total. The number of ether oxygens (including phenoxy) is 3. The third kappa shape index (κ3) is 6.40. The number of fused-ring (bicyclic) bond motifs is 1.